The molecule has 0 fully saturated rings. The fourth-order valence-electron chi connectivity index (χ4n) is 1.53. The number of carbonyl (C=O) groups excluding carboxylic acids is 1. The lowest BCUT2D eigenvalue weighted by Crippen LogP contribution is -2.40. The van der Waals surface area contributed by atoms with Gasteiger partial charge >= 0.3 is 5.97 Å². The zero-order valence-corrected chi connectivity index (χ0v) is 11.0. The smallest absolute Gasteiger partial charge is 0.327 e. The van der Waals surface area contributed by atoms with Crippen molar-refractivity contribution >= 4 is 17.6 Å². The molecule has 1 aromatic carbocycles. The Bertz CT molecular complexity index is 620. The standard InChI is InChI=1S/C13H12N2O6/c1-3-4-10(13(17)18)14-12(16)9-6-5-8(15(19)20)7-11(9)21-2/h1,5-7,10H,4H2,2H3,(H,14,16)(H,17,18). The van der Waals surface area contributed by atoms with Crippen molar-refractivity contribution in [1.29, 1.82) is 0 Å². The maximum absolute atomic E-state index is 12.0. The summed E-state index contributed by atoms with van der Waals surface area (Å²) in [5.41, 5.74) is -0.270. The van der Waals surface area contributed by atoms with Gasteiger partial charge in [-0.25, -0.2) is 4.79 Å². The minimum absolute atomic E-state index is 0.0219. The molecule has 1 aromatic rings. The lowest BCUT2D eigenvalue weighted by atomic mass is 10.1. The molecule has 8 heteroatoms. The number of carboxylic acids is 1. The minimum Gasteiger partial charge on any atom is -0.496 e. The highest BCUT2D eigenvalue weighted by Crippen LogP contribution is 2.24. The first-order valence-electron chi connectivity index (χ1n) is 5.70. The molecule has 8 nitrogen and oxygen atoms in total. The summed E-state index contributed by atoms with van der Waals surface area (Å²) in [7, 11) is 1.24. The van der Waals surface area contributed by atoms with Crippen LogP contribution in [-0.4, -0.2) is 35.1 Å². The maximum atomic E-state index is 12.0. The van der Waals surface area contributed by atoms with E-state index in [0.29, 0.717) is 0 Å². The van der Waals surface area contributed by atoms with Gasteiger partial charge in [-0.05, 0) is 6.07 Å². The van der Waals surface area contributed by atoms with E-state index in [9.17, 15) is 19.7 Å². The molecule has 1 unspecified atom stereocenters. The summed E-state index contributed by atoms with van der Waals surface area (Å²) < 4.78 is 4.91. The average molecular weight is 292 g/mol. The normalized spacial score (nSPS) is 11.0. The summed E-state index contributed by atoms with van der Waals surface area (Å²) in [6.07, 6.45) is 4.84. The second kappa shape index (κ2) is 6.91. The Morgan fingerprint density at radius 3 is 2.71 bits per heavy atom. The van der Waals surface area contributed by atoms with Crippen LogP contribution in [0.2, 0.25) is 0 Å². The van der Waals surface area contributed by atoms with Gasteiger partial charge in [0.05, 0.1) is 23.7 Å². The molecule has 2 N–H and O–H groups in total. The molecule has 0 saturated carbocycles. The van der Waals surface area contributed by atoms with Gasteiger partial charge in [0.25, 0.3) is 11.6 Å². The number of non-ortho nitro benzene ring substituents is 1. The second-order valence-corrected chi connectivity index (χ2v) is 3.91. The van der Waals surface area contributed by atoms with Crippen LogP contribution in [0.25, 0.3) is 0 Å². The van der Waals surface area contributed by atoms with Gasteiger partial charge in [0.15, 0.2) is 0 Å². The van der Waals surface area contributed by atoms with Gasteiger partial charge in [-0.15, -0.1) is 12.3 Å². The largest absolute Gasteiger partial charge is 0.496 e. The first kappa shape index (κ1) is 16.0. The van der Waals surface area contributed by atoms with Crippen LogP contribution in [0.5, 0.6) is 5.75 Å². The quantitative estimate of drug-likeness (QED) is 0.455. The molecule has 0 aliphatic rings. The van der Waals surface area contributed by atoms with Crippen molar-refractivity contribution in [2.75, 3.05) is 7.11 Å². The third-order valence-corrected chi connectivity index (χ3v) is 2.57. The second-order valence-electron chi connectivity index (χ2n) is 3.91. The molecule has 0 aromatic heterocycles. The van der Waals surface area contributed by atoms with Crippen LogP contribution in [0.4, 0.5) is 5.69 Å². The van der Waals surface area contributed by atoms with Gasteiger partial charge in [0, 0.05) is 12.5 Å². The molecule has 1 amide bonds. The SMILES string of the molecule is C#CCC(NC(=O)c1ccc([N+](=O)[O-])cc1OC)C(=O)O. The third-order valence-electron chi connectivity index (χ3n) is 2.57. The van der Waals surface area contributed by atoms with Crippen LogP contribution in [0.1, 0.15) is 16.8 Å². The van der Waals surface area contributed by atoms with E-state index in [1.54, 1.807) is 0 Å². The van der Waals surface area contributed by atoms with Crippen LogP contribution in [0, 0.1) is 22.5 Å². The first-order chi connectivity index (χ1) is 9.90. The molecule has 1 rings (SSSR count). The fourth-order valence-corrected chi connectivity index (χ4v) is 1.53. The number of ether oxygens (including phenoxy) is 1. The number of nitro groups is 1. The monoisotopic (exact) mass is 292 g/mol. The van der Waals surface area contributed by atoms with E-state index in [2.05, 4.69) is 11.2 Å². The van der Waals surface area contributed by atoms with E-state index < -0.39 is 22.8 Å². The van der Waals surface area contributed by atoms with E-state index in [0.717, 1.165) is 12.1 Å². The molecular formula is C13H12N2O6. The number of nitrogens with one attached hydrogen (secondary N) is 1. The van der Waals surface area contributed by atoms with Crippen molar-refractivity contribution in [3.63, 3.8) is 0 Å². The zero-order chi connectivity index (χ0) is 16.0. The maximum Gasteiger partial charge on any atom is 0.327 e. The van der Waals surface area contributed by atoms with E-state index in [-0.39, 0.29) is 23.4 Å². The summed E-state index contributed by atoms with van der Waals surface area (Å²) in [5.74, 6) is 0.0852. The molecule has 0 aliphatic heterocycles. The molecule has 0 heterocycles. The number of carbonyl (C=O) groups is 2. The summed E-state index contributed by atoms with van der Waals surface area (Å²) in [4.78, 5) is 32.9. The first-order valence-corrected chi connectivity index (χ1v) is 5.70. The topological polar surface area (TPSA) is 119 Å². The van der Waals surface area contributed by atoms with Crippen LogP contribution < -0.4 is 10.1 Å². The summed E-state index contributed by atoms with van der Waals surface area (Å²) >= 11 is 0. The molecule has 0 spiro atoms. The van der Waals surface area contributed by atoms with Crippen molar-refractivity contribution < 1.29 is 24.4 Å². The van der Waals surface area contributed by atoms with E-state index in [4.69, 9.17) is 16.3 Å². The molecular weight excluding hydrogens is 280 g/mol. The van der Waals surface area contributed by atoms with Gasteiger partial charge in [-0.1, -0.05) is 0 Å². The van der Waals surface area contributed by atoms with Crippen LogP contribution >= 0.6 is 0 Å². The third kappa shape index (κ3) is 3.94. The number of rotatable bonds is 6. The van der Waals surface area contributed by atoms with Crippen molar-refractivity contribution in [3.8, 4) is 18.1 Å². The highest BCUT2D eigenvalue weighted by atomic mass is 16.6. The predicted molar refractivity (Wildman–Crippen MR) is 72.0 cm³/mol. The summed E-state index contributed by atoms with van der Waals surface area (Å²) in [6, 6.07) is 2.13. The molecule has 0 bridgehead atoms. The van der Waals surface area contributed by atoms with Gasteiger partial charge in [-0.2, -0.15) is 0 Å². The molecule has 110 valence electrons. The number of methoxy groups -OCH3 is 1. The number of benzene rings is 1. The van der Waals surface area contributed by atoms with Gasteiger partial charge in [-0.3, -0.25) is 14.9 Å². The highest BCUT2D eigenvalue weighted by molar-refractivity contribution is 5.99. The van der Waals surface area contributed by atoms with Gasteiger partial charge in [0.1, 0.15) is 11.8 Å². The number of hydrogen-bond acceptors (Lipinski definition) is 5. The molecule has 0 aliphatic carbocycles. The molecule has 1 atom stereocenters. The van der Waals surface area contributed by atoms with Crippen molar-refractivity contribution in [2.24, 2.45) is 0 Å². The Morgan fingerprint density at radius 1 is 1.57 bits per heavy atom. The fraction of sp³-hybridized carbons (Fsp3) is 0.231. The van der Waals surface area contributed by atoms with E-state index >= 15 is 0 Å². The minimum atomic E-state index is -1.28. The predicted octanol–water partition coefficient (Wildman–Crippen LogP) is 0.810. The van der Waals surface area contributed by atoms with Crippen LogP contribution in [0.3, 0.4) is 0 Å². The van der Waals surface area contributed by atoms with Crippen LogP contribution in [-0.2, 0) is 4.79 Å². The number of nitrogens with zero attached hydrogens (tertiary/aromatic N) is 1. The summed E-state index contributed by atoms with van der Waals surface area (Å²) in [5, 5.41) is 21.8. The Balaban J connectivity index is 3.04. The van der Waals surface area contributed by atoms with E-state index in [1.807, 2.05) is 0 Å². The average Bonchev–Trinajstić information content (AvgIpc) is 2.45. The lowest BCUT2D eigenvalue weighted by molar-refractivity contribution is -0.384. The summed E-state index contributed by atoms with van der Waals surface area (Å²) in [6.45, 7) is 0. The van der Waals surface area contributed by atoms with Crippen molar-refractivity contribution in [2.45, 2.75) is 12.5 Å². The van der Waals surface area contributed by atoms with Crippen LogP contribution in [0.15, 0.2) is 18.2 Å². The van der Waals surface area contributed by atoms with E-state index in [1.165, 1.54) is 13.2 Å². The van der Waals surface area contributed by atoms with Gasteiger partial charge < -0.3 is 15.2 Å². The number of carboxylic acid groups (broad SMARTS) is 1. The highest BCUT2D eigenvalue weighted by Gasteiger charge is 2.22. The Hall–Kier alpha value is -3.08. The Labute approximate surface area is 119 Å². The van der Waals surface area contributed by atoms with Crippen molar-refractivity contribution in [3.05, 3.63) is 33.9 Å². The van der Waals surface area contributed by atoms with Gasteiger partial charge in [0.2, 0.25) is 0 Å². The molecule has 0 radical (unpaired) electrons. The zero-order valence-electron chi connectivity index (χ0n) is 11.0. The number of terminal acetylenes is 1. The number of aliphatic carboxylic acids is 1. The Kier molecular flexibility index (Phi) is 5.25. The Morgan fingerprint density at radius 2 is 2.24 bits per heavy atom. The number of amides is 1. The molecule has 0 saturated heterocycles. The van der Waals surface area contributed by atoms with Crippen molar-refractivity contribution in [1.82, 2.24) is 5.32 Å². The number of hydrogen-bond donors (Lipinski definition) is 2. The number of nitro benzene ring substituents is 1. The molecule has 21 heavy (non-hydrogen) atoms. The lowest BCUT2D eigenvalue weighted by Gasteiger charge is -2.13.